The summed E-state index contributed by atoms with van der Waals surface area (Å²) in [7, 11) is 0. The van der Waals surface area contributed by atoms with Gasteiger partial charge in [-0.25, -0.2) is 0 Å². The Labute approximate surface area is 180 Å². The van der Waals surface area contributed by atoms with Crippen molar-refractivity contribution in [1.82, 2.24) is 0 Å². The highest BCUT2D eigenvalue weighted by Gasteiger charge is 2.60. The SMILES string of the molecule is C=C(C)C(=C)CC(O)[C@@H](C)[C@H]1CC[C@H]2[C@@H]3CCC4CCCC[C@]4(C)[C@H]3CC[C@]12C. The Morgan fingerprint density at radius 2 is 1.66 bits per heavy atom. The minimum absolute atomic E-state index is 0.274. The summed E-state index contributed by atoms with van der Waals surface area (Å²) in [5.74, 6) is 4.85. The first kappa shape index (κ1) is 21.7. The molecule has 4 fully saturated rings. The number of hydrogen-bond acceptors (Lipinski definition) is 1. The molecule has 0 amide bonds. The Hall–Kier alpha value is -0.560. The molecule has 4 saturated carbocycles. The molecule has 0 aliphatic heterocycles. The van der Waals surface area contributed by atoms with Crippen molar-refractivity contribution in [2.45, 2.75) is 104 Å². The lowest BCUT2D eigenvalue weighted by atomic mass is 9.44. The van der Waals surface area contributed by atoms with Crippen LogP contribution >= 0.6 is 0 Å². The molecule has 0 aromatic rings. The number of aliphatic hydroxyl groups is 1. The summed E-state index contributed by atoms with van der Waals surface area (Å²) in [5, 5.41) is 11.0. The van der Waals surface area contributed by atoms with E-state index in [1.165, 1.54) is 64.2 Å². The van der Waals surface area contributed by atoms with Crippen LogP contribution in [0.4, 0.5) is 0 Å². The average Bonchev–Trinajstić information content (AvgIpc) is 3.03. The monoisotopic (exact) mass is 398 g/mol. The minimum atomic E-state index is -0.274. The van der Waals surface area contributed by atoms with Crippen molar-refractivity contribution < 1.29 is 5.11 Å². The molecule has 1 N–H and O–H groups in total. The van der Waals surface area contributed by atoms with E-state index in [2.05, 4.69) is 33.9 Å². The molecular formula is C28H46O. The molecule has 4 aliphatic rings. The van der Waals surface area contributed by atoms with Crippen LogP contribution in [0.25, 0.3) is 0 Å². The fourth-order valence-corrected chi connectivity index (χ4v) is 9.08. The van der Waals surface area contributed by atoms with Crippen LogP contribution in [-0.4, -0.2) is 11.2 Å². The summed E-state index contributed by atoms with van der Waals surface area (Å²) >= 11 is 0. The van der Waals surface area contributed by atoms with E-state index < -0.39 is 0 Å². The molecule has 0 spiro atoms. The lowest BCUT2D eigenvalue weighted by Crippen LogP contribution is -2.53. The average molecular weight is 399 g/mol. The highest BCUT2D eigenvalue weighted by molar-refractivity contribution is 5.23. The maximum Gasteiger partial charge on any atom is 0.0608 e. The van der Waals surface area contributed by atoms with Gasteiger partial charge in [0.05, 0.1) is 6.10 Å². The first-order valence-corrected chi connectivity index (χ1v) is 12.7. The minimum Gasteiger partial charge on any atom is -0.392 e. The lowest BCUT2D eigenvalue weighted by molar-refractivity contribution is -0.118. The molecule has 0 radical (unpaired) electrons. The van der Waals surface area contributed by atoms with E-state index in [1.807, 2.05) is 6.92 Å². The summed E-state index contributed by atoms with van der Waals surface area (Å²) in [6, 6.07) is 0. The quantitative estimate of drug-likeness (QED) is 0.474. The standard InChI is InChI=1S/C28H46O/c1-18(2)19(3)17-26(29)20(4)23-12-13-24-22-11-10-21-9-7-8-15-27(21,5)25(22)14-16-28(23,24)6/h20-26,29H,1,3,7-17H2,2,4-6H3/t20-,21?,22-,23+,24-,25-,26?,27-,28+/m0/s1. The van der Waals surface area contributed by atoms with Crippen molar-refractivity contribution in [3.63, 3.8) is 0 Å². The van der Waals surface area contributed by atoms with E-state index in [-0.39, 0.29) is 6.10 Å². The van der Waals surface area contributed by atoms with Crippen molar-refractivity contribution in [1.29, 1.82) is 0 Å². The molecule has 4 rings (SSSR count). The molecule has 0 heterocycles. The third kappa shape index (κ3) is 3.48. The lowest BCUT2D eigenvalue weighted by Gasteiger charge is -2.61. The second-order valence-corrected chi connectivity index (χ2v) is 12.1. The van der Waals surface area contributed by atoms with Crippen molar-refractivity contribution in [3.8, 4) is 0 Å². The molecule has 1 heteroatoms. The maximum atomic E-state index is 11.0. The van der Waals surface area contributed by atoms with Crippen LogP contribution < -0.4 is 0 Å². The molecule has 1 nitrogen and oxygen atoms in total. The smallest absolute Gasteiger partial charge is 0.0608 e. The summed E-state index contributed by atoms with van der Waals surface area (Å²) < 4.78 is 0. The van der Waals surface area contributed by atoms with Crippen LogP contribution in [0.2, 0.25) is 0 Å². The molecule has 0 aromatic carbocycles. The maximum absolute atomic E-state index is 11.0. The van der Waals surface area contributed by atoms with E-state index in [1.54, 1.807) is 0 Å². The van der Waals surface area contributed by atoms with Gasteiger partial charge < -0.3 is 5.11 Å². The van der Waals surface area contributed by atoms with Crippen molar-refractivity contribution in [2.24, 2.45) is 46.3 Å². The third-order valence-corrected chi connectivity index (χ3v) is 11.0. The zero-order valence-electron chi connectivity index (χ0n) is 19.7. The second kappa shape index (κ2) is 7.85. The largest absolute Gasteiger partial charge is 0.392 e. The Kier molecular flexibility index (Phi) is 5.86. The number of hydrogen-bond donors (Lipinski definition) is 1. The summed E-state index contributed by atoms with van der Waals surface area (Å²) in [5.41, 5.74) is 3.11. The van der Waals surface area contributed by atoms with Crippen molar-refractivity contribution in [3.05, 3.63) is 24.3 Å². The van der Waals surface area contributed by atoms with Crippen LogP contribution in [0.15, 0.2) is 24.3 Å². The summed E-state index contributed by atoms with van der Waals surface area (Å²) in [6.07, 6.45) is 14.9. The topological polar surface area (TPSA) is 20.2 Å². The van der Waals surface area contributed by atoms with E-state index in [0.29, 0.717) is 29.1 Å². The van der Waals surface area contributed by atoms with Crippen LogP contribution in [0.3, 0.4) is 0 Å². The van der Waals surface area contributed by atoms with E-state index in [4.69, 9.17) is 0 Å². The predicted molar refractivity (Wildman–Crippen MR) is 124 cm³/mol. The van der Waals surface area contributed by atoms with Gasteiger partial charge in [0.25, 0.3) is 0 Å². The molecule has 0 aromatic heterocycles. The zero-order valence-corrected chi connectivity index (χ0v) is 19.7. The van der Waals surface area contributed by atoms with Gasteiger partial charge in [-0.1, -0.05) is 57.9 Å². The van der Waals surface area contributed by atoms with Crippen LogP contribution in [0, 0.1) is 46.3 Å². The first-order valence-electron chi connectivity index (χ1n) is 12.7. The number of fused-ring (bicyclic) bond motifs is 5. The Bertz CT molecular complexity index is 649. The van der Waals surface area contributed by atoms with Gasteiger partial charge in [-0.2, -0.15) is 0 Å². The highest BCUT2D eigenvalue weighted by Crippen LogP contribution is 2.68. The highest BCUT2D eigenvalue weighted by atomic mass is 16.3. The van der Waals surface area contributed by atoms with E-state index >= 15 is 0 Å². The van der Waals surface area contributed by atoms with Crippen LogP contribution in [0.5, 0.6) is 0 Å². The van der Waals surface area contributed by atoms with Gasteiger partial charge >= 0.3 is 0 Å². The number of aliphatic hydroxyl groups excluding tert-OH is 1. The van der Waals surface area contributed by atoms with Crippen LogP contribution in [-0.2, 0) is 0 Å². The summed E-state index contributed by atoms with van der Waals surface area (Å²) in [6.45, 7) is 17.8. The van der Waals surface area contributed by atoms with E-state index in [9.17, 15) is 5.11 Å². The van der Waals surface area contributed by atoms with Crippen molar-refractivity contribution in [2.75, 3.05) is 0 Å². The second-order valence-electron chi connectivity index (χ2n) is 12.1. The zero-order chi connectivity index (χ0) is 21.0. The fourth-order valence-electron chi connectivity index (χ4n) is 9.08. The molecular weight excluding hydrogens is 352 g/mol. The summed E-state index contributed by atoms with van der Waals surface area (Å²) in [4.78, 5) is 0. The van der Waals surface area contributed by atoms with Gasteiger partial charge in [0, 0.05) is 0 Å². The number of allylic oxidation sites excluding steroid dienone is 1. The normalized spacial score (nSPS) is 46.2. The first-order chi connectivity index (χ1) is 13.7. The molecule has 164 valence electrons. The fraction of sp³-hybridized carbons (Fsp3) is 0.857. The Balaban J connectivity index is 1.50. The third-order valence-electron chi connectivity index (χ3n) is 11.0. The Morgan fingerprint density at radius 1 is 0.931 bits per heavy atom. The van der Waals surface area contributed by atoms with Gasteiger partial charge in [0.15, 0.2) is 0 Å². The number of rotatable bonds is 5. The molecule has 2 unspecified atom stereocenters. The molecule has 9 atom stereocenters. The molecule has 0 bridgehead atoms. The van der Waals surface area contributed by atoms with Gasteiger partial charge in [-0.3, -0.25) is 0 Å². The predicted octanol–water partition coefficient (Wildman–Crippen LogP) is 7.55. The van der Waals surface area contributed by atoms with Gasteiger partial charge in [0.1, 0.15) is 0 Å². The molecule has 29 heavy (non-hydrogen) atoms. The molecule has 0 saturated heterocycles. The van der Waals surface area contributed by atoms with E-state index in [0.717, 1.165) is 34.8 Å². The van der Waals surface area contributed by atoms with Gasteiger partial charge in [0.2, 0.25) is 0 Å². The van der Waals surface area contributed by atoms with Crippen LogP contribution in [0.1, 0.15) is 98.3 Å². The van der Waals surface area contributed by atoms with Gasteiger partial charge in [-0.05, 0) is 111 Å². The Morgan fingerprint density at radius 3 is 2.38 bits per heavy atom. The van der Waals surface area contributed by atoms with Gasteiger partial charge in [-0.15, -0.1) is 0 Å². The van der Waals surface area contributed by atoms with Crippen molar-refractivity contribution >= 4 is 0 Å². The molecule has 4 aliphatic carbocycles.